The largest absolute Gasteiger partial charge is 0.352 e. The van der Waals surface area contributed by atoms with E-state index in [1.807, 2.05) is 13.1 Å². The summed E-state index contributed by atoms with van der Waals surface area (Å²) in [6, 6.07) is 2.33. The van der Waals surface area contributed by atoms with Gasteiger partial charge in [-0.1, -0.05) is 0 Å². The van der Waals surface area contributed by atoms with E-state index in [0.29, 0.717) is 5.56 Å². The fourth-order valence-corrected chi connectivity index (χ4v) is 3.50. The van der Waals surface area contributed by atoms with Crippen molar-refractivity contribution >= 4 is 28.4 Å². The second-order valence-corrected chi connectivity index (χ2v) is 7.95. The quantitative estimate of drug-likeness (QED) is 0.757. The molecule has 0 amide bonds. The van der Waals surface area contributed by atoms with Gasteiger partial charge >= 0.3 is 0 Å². The first kappa shape index (κ1) is 15.5. The zero-order valence-corrected chi connectivity index (χ0v) is 14.9. The second kappa shape index (κ2) is 5.15. The third-order valence-corrected chi connectivity index (χ3v) is 4.61. The van der Waals surface area contributed by atoms with E-state index in [4.69, 9.17) is 0 Å². The Kier molecular flexibility index (Phi) is 4.00. The van der Waals surface area contributed by atoms with Crippen LogP contribution in [-0.2, 0) is 0 Å². The number of halogens is 1. The van der Waals surface area contributed by atoms with Gasteiger partial charge in [-0.2, -0.15) is 5.26 Å². The fraction of sp³-hybridized carbons (Fsp3) is 0.600. The maximum Gasteiger partial charge on any atom is 0.146 e. The van der Waals surface area contributed by atoms with Crippen LogP contribution in [0.25, 0.3) is 0 Å². The van der Waals surface area contributed by atoms with Crippen LogP contribution in [0.2, 0.25) is 0 Å². The van der Waals surface area contributed by atoms with Crippen molar-refractivity contribution < 1.29 is 0 Å². The minimum atomic E-state index is -0.00689. The Morgan fingerprint density at radius 3 is 2.35 bits per heavy atom. The lowest BCUT2D eigenvalue weighted by atomic mass is 9.91. The van der Waals surface area contributed by atoms with Crippen molar-refractivity contribution in [1.82, 2.24) is 10.3 Å². The van der Waals surface area contributed by atoms with E-state index >= 15 is 0 Å². The maximum atomic E-state index is 9.48. The average Bonchev–Trinajstić information content (AvgIpc) is 2.28. The molecule has 0 aliphatic carbocycles. The first-order valence-electron chi connectivity index (χ1n) is 6.75. The Morgan fingerprint density at radius 2 is 1.85 bits per heavy atom. The molecule has 0 radical (unpaired) electrons. The van der Waals surface area contributed by atoms with Crippen molar-refractivity contribution in [1.29, 1.82) is 5.26 Å². The number of hydrogen-bond acceptors (Lipinski definition) is 4. The molecule has 1 N–H and O–H groups in total. The summed E-state index contributed by atoms with van der Waals surface area (Å²) >= 11 is 2.23. The molecular formula is C15H21IN4. The van der Waals surface area contributed by atoms with Gasteiger partial charge in [-0.15, -0.1) is 0 Å². The van der Waals surface area contributed by atoms with Gasteiger partial charge in [-0.3, -0.25) is 0 Å². The third-order valence-electron chi connectivity index (χ3n) is 3.52. The van der Waals surface area contributed by atoms with Gasteiger partial charge in [0.25, 0.3) is 0 Å². The number of nitriles is 1. The summed E-state index contributed by atoms with van der Waals surface area (Å²) in [5.74, 6) is 0.813. The van der Waals surface area contributed by atoms with Crippen LogP contribution >= 0.6 is 22.6 Å². The summed E-state index contributed by atoms with van der Waals surface area (Å²) in [5, 5.41) is 13.1. The molecule has 20 heavy (non-hydrogen) atoms. The molecule has 1 fully saturated rings. The number of nitrogens with one attached hydrogen (secondary N) is 1. The van der Waals surface area contributed by atoms with Gasteiger partial charge in [-0.25, -0.2) is 4.98 Å². The molecule has 0 bridgehead atoms. The molecule has 0 saturated carbocycles. The van der Waals surface area contributed by atoms with Crippen molar-refractivity contribution in [2.75, 3.05) is 18.0 Å². The van der Waals surface area contributed by atoms with Crippen molar-refractivity contribution in [3.63, 3.8) is 0 Å². The molecule has 0 spiro atoms. The Labute approximate surface area is 134 Å². The standard InChI is InChI=1S/C15H21IN4/c1-10-11(6-17)13(18-7-12(10)16)20-8-14(2,3)19-15(4,5)9-20/h7,19H,8-9H2,1-5H3. The minimum absolute atomic E-state index is 0.00689. The van der Waals surface area contributed by atoms with Crippen LogP contribution in [0.15, 0.2) is 6.20 Å². The minimum Gasteiger partial charge on any atom is -0.352 e. The van der Waals surface area contributed by atoms with Crippen LogP contribution in [0.4, 0.5) is 5.82 Å². The lowest BCUT2D eigenvalue weighted by Crippen LogP contribution is -2.67. The van der Waals surface area contributed by atoms with E-state index < -0.39 is 0 Å². The van der Waals surface area contributed by atoms with Gasteiger partial charge in [-0.05, 0) is 62.8 Å². The molecule has 2 rings (SSSR count). The predicted octanol–water partition coefficient (Wildman–Crippen LogP) is 2.83. The van der Waals surface area contributed by atoms with Gasteiger partial charge in [0.1, 0.15) is 11.9 Å². The summed E-state index contributed by atoms with van der Waals surface area (Å²) in [7, 11) is 0. The van der Waals surface area contributed by atoms with Gasteiger partial charge in [0.2, 0.25) is 0 Å². The van der Waals surface area contributed by atoms with E-state index in [9.17, 15) is 5.26 Å². The average molecular weight is 384 g/mol. The molecule has 1 aliphatic heterocycles. The molecule has 108 valence electrons. The summed E-state index contributed by atoms with van der Waals surface area (Å²) in [6.07, 6.45) is 1.86. The molecule has 1 aliphatic rings. The number of nitrogens with zero attached hydrogens (tertiary/aromatic N) is 3. The highest BCUT2D eigenvalue weighted by atomic mass is 127. The zero-order valence-electron chi connectivity index (χ0n) is 12.7. The van der Waals surface area contributed by atoms with Crippen LogP contribution in [0.5, 0.6) is 0 Å². The Bertz CT molecular complexity index is 556. The number of anilines is 1. The maximum absolute atomic E-state index is 9.48. The first-order valence-corrected chi connectivity index (χ1v) is 7.82. The van der Waals surface area contributed by atoms with Gasteiger partial charge < -0.3 is 10.2 Å². The van der Waals surface area contributed by atoms with Crippen LogP contribution in [-0.4, -0.2) is 29.2 Å². The Morgan fingerprint density at radius 1 is 1.30 bits per heavy atom. The highest BCUT2D eigenvalue weighted by Crippen LogP contribution is 2.29. The van der Waals surface area contributed by atoms with E-state index in [1.165, 1.54) is 0 Å². The third kappa shape index (κ3) is 3.07. The molecule has 2 heterocycles. The summed E-state index contributed by atoms with van der Waals surface area (Å²) in [4.78, 5) is 6.77. The van der Waals surface area contributed by atoms with Crippen LogP contribution in [0.1, 0.15) is 38.8 Å². The van der Waals surface area contributed by atoms with Crippen molar-refractivity contribution in [3.05, 3.63) is 20.9 Å². The van der Waals surface area contributed by atoms with Crippen molar-refractivity contribution in [3.8, 4) is 6.07 Å². The fourth-order valence-electron chi connectivity index (χ4n) is 3.10. The van der Waals surface area contributed by atoms with Crippen molar-refractivity contribution in [2.24, 2.45) is 0 Å². The number of aromatic nitrogens is 1. The Balaban J connectivity index is 2.47. The van der Waals surface area contributed by atoms with Crippen LogP contribution in [0, 0.1) is 21.8 Å². The Hall–Kier alpha value is -0.870. The van der Waals surface area contributed by atoms with Crippen molar-refractivity contribution in [2.45, 2.75) is 45.7 Å². The first-order chi connectivity index (χ1) is 9.15. The molecule has 1 aromatic rings. The highest BCUT2D eigenvalue weighted by molar-refractivity contribution is 14.1. The van der Waals surface area contributed by atoms with Gasteiger partial charge in [0, 0.05) is 33.9 Å². The lowest BCUT2D eigenvalue weighted by Gasteiger charge is -2.48. The number of hydrogen-bond donors (Lipinski definition) is 1. The van der Waals surface area contributed by atoms with E-state index in [2.05, 4.69) is 71.6 Å². The number of piperazine rings is 1. The number of pyridine rings is 1. The van der Waals surface area contributed by atoms with Gasteiger partial charge in [0.15, 0.2) is 0 Å². The van der Waals surface area contributed by atoms with E-state index in [0.717, 1.165) is 28.0 Å². The monoisotopic (exact) mass is 384 g/mol. The summed E-state index contributed by atoms with van der Waals surface area (Å²) in [5.41, 5.74) is 1.71. The predicted molar refractivity (Wildman–Crippen MR) is 89.9 cm³/mol. The normalized spacial score (nSPS) is 20.6. The highest BCUT2D eigenvalue weighted by Gasteiger charge is 2.37. The molecule has 0 unspecified atom stereocenters. The second-order valence-electron chi connectivity index (χ2n) is 6.79. The molecule has 0 atom stereocenters. The topological polar surface area (TPSA) is 52.0 Å². The lowest BCUT2D eigenvalue weighted by molar-refractivity contribution is 0.225. The number of rotatable bonds is 1. The molecule has 5 heteroatoms. The SMILES string of the molecule is Cc1c(I)cnc(N2CC(C)(C)NC(C)(C)C2)c1C#N. The summed E-state index contributed by atoms with van der Waals surface area (Å²) < 4.78 is 1.04. The zero-order chi connectivity index (χ0) is 15.1. The molecule has 4 nitrogen and oxygen atoms in total. The van der Waals surface area contributed by atoms with E-state index in [1.54, 1.807) is 0 Å². The van der Waals surface area contributed by atoms with Crippen LogP contribution in [0.3, 0.4) is 0 Å². The smallest absolute Gasteiger partial charge is 0.146 e. The molecular weight excluding hydrogens is 363 g/mol. The van der Waals surface area contributed by atoms with Gasteiger partial charge in [0.05, 0.1) is 5.56 Å². The molecule has 0 aromatic carbocycles. The summed E-state index contributed by atoms with van der Waals surface area (Å²) in [6.45, 7) is 12.4. The molecule has 1 aromatic heterocycles. The van der Waals surface area contributed by atoms with E-state index in [-0.39, 0.29) is 11.1 Å². The van der Waals surface area contributed by atoms with Crippen LogP contribution < -0.4 is 10.2 Å². The molecule has 1 saturated heterocycles.